The summed E-state index contributed by atoms with van der Waals surface area (Å²) in [6.07, 6.45) is -1.55. The molecule has 3 amide bonds. The number of rotatable bonds is 8. The molecular weight excluding hydrogens is 629 g/mol. The Morgan fingerprint density at radius 3 is 1.72 bits per heavy atom. The van der Waals surface area contributed by atoms with Crippen molar-refractivity contribution in [1.82, 2.24) is 9.80 Å². The summed E-state index contributed by atoms with van der Waals surface area (Å²) in [5.41, 5.74) is 2.43. The first-order valence-corrected chi connectivity index (χ1v) is 15.8. The molecule has 9 nitrogen and oxygen atoms in total. The average Bonchev–Trinajstić information content (AvgIpc) is 2.93. The largest absolute Gasteiger partial charge is 0.479 e. The van der Waals surface area contributed by atoms with Crippen LogP contribution in [0.1, 0.15) is 70.7 Å². The zero-order valence-corrected chi connectivity index (χ0v) is 28.8. The van der Waals surface area contributed by atoms with Crippen LogP contribution in [0.2, 0.25) is 10.0 Å². The van der Waals surface area contributed by atoms with Gasteiger partial charge in [0.25, 0.3) is 5.91 Å². The first-order valence-electron chi connectivity index (χ1n) is 15.0. The molecule has 0 spiro atoms. The van der Waals surface area contributed by atoms with Gasteiger partial charge < -0.3 is 19.5 Å². The van der Waals surface area contributed by atoms with Crippen molar-refractivity contribution in [3.8, 4) is 5.75 Å². The number of ether oxygens (including phenoxy) is 3. The molecule has 3 aromatic carbocycles. The molecule has 1 N–H and O–H groups in total. The summed E-state index contributed by atoms with van der Waals surface area (Å²) in [4.78, 5) is 42.1. The van der Waals surface area contributed by atoms with Crippen molar-refractivity contribution in [2.75, 3.05) is 5.32 Å². The zero-order valence-electron chi connectivity index (χ0n) is 27.3. The van der Waals surface area contributed by atoms with Gasteiger partial charge in [-0.3, -0.25) is 14.6 Å². The fourth-order valence-corrected chi connectivity index (χ4v) is 5.04. The van der Waals surface area contributed by atoms with Crippen LogP contribution < -0.4 is 10.1 Å². The Balaban J connectivity index is 1.57. The summed E-state index contributed by atoms with van der Waals surface area (Å²) in [5, 5.41) is 3.69. The van der Waals surface area contributed by atoms with Crippen LogP contribution in [0.5, 0.6) is 5.75 Å². The molecule has 0 fully saturated rings. The zero-order chi connectivity index (χ0) is 33.8. The number of anilines is 1. The lowest BCUT2D eigenvalue weighted by molar-refractivity contribution is -0.122. The highest BCUT2D eigenvalue weighted by molar-refractivity contribution is 6.42. The highest BCUT2D eigenvalue weighted by Crippen LogP contribution is 2.31. The maximum absolute atomic E-state index is 13.4. The SMILES string of the molecule is CC1Oc2ccc(CN(Cc3cccc(CN(Cc4ccc(Cl)c(Cl)c4)C(=O)OC(C)(C)C)c3)C(=O)OC(C)(C)C)cc2NC1=O. The normalized spacial score (nSPS) is 14.5. The van der Waals surface area contributed by atoms with Crippen molar-refractivity contribution in [3.05, 3.63) is 93.0 Å². The number of carbonyl (C=O) groups is 3. The summed E-state index contributed by atoms with van der Waals surface area (Å²) in [5.74, 6) is 0.341. The molecule has 0 saturated carbocycles. The topological polar surface area (TPSA) is 97.4 Å². The molecule has 246 valence electrons. The van der Waals surface area contributed by atoms with Crippen LogP contribution in [0.25, 0.3) is 0 Å². The van der Waals surface area contributed by atoms with E-state index in [-0.39, 0.29) is 32.1 Å². The standard InChI is InChI=1S/C35H41Cl2N3O6/c1-22-31(41)38-29-17-26(12-14-30(29)44-22)21-40(33(43)46-35(5,6)7)19-24-10-8-9-23(15-24)18-39(32(42)45-34(2,3)4)20-25-11-13-27(36)28(37)16-25/h8-17,22H,18-21H2,1-7H3,(H,38,41). The number of fused-ring (bicyclic) bond motifs is 1. The quantitative estimate of drug-likeness (QED) is 0.258. The van der Waals surface area contributed by atoms with Crippen molar-refractivity contribution in [3.63, 3.8) is 0 Å². The van der Waals surface area contributed by atoms with E-state index >= 15 is 0 Å². The fourth-order valence-electron chi connectivity index (χ4n) is 4.72. The highest BCUT2D eigenvalue weighted by atomic mass is 35.5. The molecular formula is C35H41Cl2N3O6. The number of halogens is 2. The van der Waals surface area contributed by atoms with Gasteiger partial charge in [-0.05, 0) is 95.0 Å². The van der Waals surface area contributed by atoms with Crippen molar-refractivity contribution < 1.29 is 28.6 Å². The Morgan fingerprint density at radius 1 is 0.739 bits per heavy atom. The first kappa shape index (κ1) is 34.9. The molecule has 0 radical (unpaired) electrons. The predicted molar refractivity (Wildman–Crippen MR) is 179 cm³/mol. The summed E-state index contributed by atoms with van der Waals surface area (Å²) in [7, 11) is 0. The van der Waals surface area contributed by atoms with Gasteiger partial charge in [-0.2, -0.15) is 0 Å². The lowest BCUT2D eigenvalue weighted by atomic mass is 10.1. The van der Waals surface area contributed by atoms with E-state index < -0.39 is 29.5 Å². The van der Waals surface area contributed by atoms with Gasteiger partial charge in [0.2, 0.25) is 0 Å². The Hall–Kier alpha value is -3.95. The molecule has 1 aliphatic rings. The third-order valence-electron chi connectivity index (χ3n) is 6.75. The van der Waals surface area contributed by atoms with E-state index in [0.717, 1.165) is 22.3 Å². The summed E-state index contributed by atoms with van der Waals surface area (Å²) in [6.45, 7) is 13.5. The van der Waals surface area contributed by atoms with Gasteiger partial charge >= 0.3 is 12.2 Å². The molecule has 3 aromatic rings. The van der Waals surface area contributed by atoms with Crippen LogP contribution in [0.3, 0.4) is 0 Å². The average molecular weight is 671 g/mol. The van der Waals surface area contributed by atoms with Gasteiger partial charge in [0.1, 0.15) is 17.0 Å². The number of hydrogen-bond donors (Lipinski definition) is 1. The molecule has 0 aromatic heterocycles. The smallest absolute Gasteiger partial charge is 0.410 e. The van der Waals surface area contributed by atoms with E-state index in [1.54, 1.807) is 41.0 Å². The van der Waals surface area contributed by atoms with Gasteiger partial charge in [0, 0.05) is 26.2 Å². The van der Waals surface area contributed by atoms with Crippen molar-refractivity contribution in [2.45, 2.75) is 92.0 Å². The van der Waals surface area contributed by atoms with Gasteiger partial charge in [-0.1, -0.05) is 59.6 Å². The van der Waals surface area contributed by atoms with Crippen LogP contribution in [-0.4, -0.2) is 45.2 Å². The molecule has 1 heterocycles. The van der Waals surface area contributed by atoms with Crippen LogP contribution in [0.15, 0.2) is 60.7 Å². The second-order valence-electron chi connectivity index (χ2n) is 13.3. The van der Waals surface area contributed by atoms with E-state index in [2.05, 4.69) is 5.32 Å². The monoisotopic (exact) mass is 669 g/mol. The summed E-state index contributed by atoms with van der Waals surface area (Å²) < 4.78 is 17.1. The van der Waals surface area contributed by atoms with E-state index in [9.17, 15) is 14.4 Å². The third-order valence-corrected chi connectivity index (χ3v) is 7.49. The molecule has 1 atom stereocenters. The van der Waals surface area contributed by atoms with E-state index in [1.165, 1.54) is 0 Å². The maximum atomic E-state index is 13.4. The first-order chi connectivity index (χ1) is 21.5. The van der Waals surface area contributed by atoms with E-state index in [4.69, 9.17) is 37.4 Å². The minimum absolute atomic E-state index is 0.221. The molecule has 46 heavy (non-hydrogen) atoms. The number of carbonyl (C=O) groups excluding carboxylic acids is 3. The Bertz CT molecular complexity index is 1600. The second kappa shape index (κ2) is 14.2. The molecule has 4 rings (SSSR count). The number of hydrogen-bond acceptors (Lipinski definition) is 6. The van der Waals surface area contributed by atoms with Crippen molar-refractivity contribution in [1.29, 1.82) is 0 Å². The third kappa shape index (κ3) is 10.0. The van der Waals surface area contributed by atoms with Crippen LogP contribution >= 0.6 is 23.2 Å². The molecule has 1 unspecified atom stereocenters. The number of nitrogens with one attached hydrogen (secondary N) is 1. The van der Waals surface area contributed by atoms with Gasteiger partial charge in [0.05, 0.1) is 15.7 Å². The Kier molecular flexibility index (Phi) is 10.8. The lowest BCUT2D eigenvalue weighted by Gasteiger charge is -2.29. The summed E-state index contributed by atoms with van der Waals surface area (Å²) >= 11 is 12.4. The minimum atomic E-state index is -0.705. The highest BCUT2D eigenvalue weighted by Gasteiger charge is 2.27. The van der Waals surface area contributed by atoms with Gasteiger partial charge in [0.15, 0.2) is 6.10 Å². The Labute approximate surface area is 280 Å². The predicted octanol–water partition coefficient (Wildman–Crippen LogP) is 8.59. The summed E-state index contributed by atoms with van der Waals surface area (Å²) in [6, 6.07) is 18.4. The number of benzene rings is 3. The number of nitrogens with zero attached hydrogens (tertiary/aromatic N) is 2. The lowest BCUT2D eigenvalue weighted by Crippen LogP contribution is -2.37. The molecule has 11 heteroatoms. The van der Waals surface area contributed by atoms with Crippen LogP contribution in [0, 0.1) is 0 Å². The number of amides is 3. The molecule has 1 aliphatic heterocycles. The molecule has 0 saturated heterocycles. The second-order valence-corrected chi connectivity index (χ2v) is 14.1. The maximum Gasteiger partial charge on any atom is 0.410 e. The van der Waals surface area contributed by atoms with Gasteiger partial charge in [-0.15, -0.1) is 0 Å². The Morgan fingerprint density at radius 2 is 1.22 bits per heavy atom. The van der Waals surface area contributed by atoms with E-state index in [1.807, 2.05) is 77.9 Å². The van der Waals surface area contributed by atoms with Crippen LogP contribution in [0.4, 0.5) is 15.3 Å². The van der Waals surface area contributed by atoms with Crippen LogP contribution in [-0.2, 0) is 40.4 Å². The molecule has 0 bridgehead atoms. The van der Waals surface area contributed by atoms with Gasteiger partial charge in [-0.25, -0.2) is 9.59 Å². The minimum Gasteiger partial charge on any atom is -0.479 e. The van der Waals surface area contributed by atoms with Crippen molar-refractivity contribution in [2.24, 2.45) is 0 Å². The van der Waals surface area contributed by atoms with E-state index in [0.29, 0.717) is 21.5 Å². The molecule has 0 aliphatic carbocycles. The van der Waals surface area contributed by atoms with Crippen molar-refractivity contribution >= 4 is 47.0 Å². The fraction of sp³-hybridized carbons (Fsp3) is 0.400.